The summed E-state index contributed by atoms with van der Waals surface area (Å²) in [6.07, 6.45) is 0. The standard InChI is InChI=1S/C23H17Cl2N3O7S/c1-2-34-23(31)21-26-22(35-27-21)19-5-3-4-13-8-16(6-7-18(13)19)28(12-20(29)30)36(32,33)17-10-14(24)9-15(25)11-17/h3-11H,2,12H2,1H3,(H,29,30). The number of carbonyl (C=O) groups excluding carboxylic acids is 1. The molecule has 0 fully saturated rings. The van der Waals surface area contributed by atoms with Crippen LogP contribution in [0.3, 0.4) is 0 Å². The van der Waals surface area contributed by atoms with E-state index in [4.69, 9.17) is 32.5 Å². The number of ether oxygens (including phenoxy) is 1. The molecule has 0 saturated heterocycles. The van der Waals surface area contributed by atoms with Crippen molar-refractivity contribution in [2.75, 3.05) is 17.5 Å². The first kappa shape index (κ1) is 25.4. The number of sulfonamides is 1. The third kappa shape index (κ3) is 5.13. The van der Waals surface area contributed by atoms with E-state index in [0.29, 0.717) is 16.3 Å². The van der Waals surface area contributed by atoms with Gasteiger partial charge in [0.2, 0.25) is 0 Å². The molecule has 4 rings (SSSR count). The number of carboxylic acid groups (broad SMARTS) is 1. The maximum Gasteiger partial charge on any atom is 0.379 e. The molecule has 0 amide bonds. The fourth-order valence-corrected chi connectivity index (χ4v) is 5.60. The average Bonchev–Trinajstić information content (AvgIpc) is 3.31. The average molecular weight is 550 g/mol. The van der Waals surface area contributed by atoms with Gasteiger partial charge in [-0.05, 0) is 59.3 Å². The zero-order valence-electron chi connectivity index (χ0n) is 18.5. The van der Waals surface area contributed by atoms with E-state index >= 15 is 0 Å². The fraction of sp³-hybridized carbons (Fsp3) is 0.130. The van der Waals surface area contributed by atoms with Gasteiger partial charge in [-0.15, -0.1) is 0 Å². The van der Waals surface area contributed by atoms with Gasteiger partial charge in [-0.3, -0.25) is 9.10 Å². The Morgan fingerprint density at radius 1 is 1.08 bits per heavy atom. The topological polar surface area (TPSA) is 140 Å². The normalized spacial score (nSPS) is 11.4. The SMILES string of the molecule is CCOC(=O)c1noc(-c2cccc3cc(N(CC(=O)O)S(=O)(=O)c4cc(Cl)cc(Cl)c4)ccc23)n1. The minimum absolute atomic E-state index is 0.0555. The predicted octanol–water partition coefficient (Wildman–Crippen LogP) is 4.65. The monoisotopic (exact) mass is 549 g/mol. The number of hydrogen-bond donors (Lipinski definition) is 1. The highest BCUT2D eigenvalue weighted by molar-refractivity contribution is 7.92. The molecule has 13 heteroatoms. The summed E-state index contributed by atoms with van der Waals surface area (Å²) >= 11 is 11.9. The molecule has 0 aliphatic carbocycles. The predicted molar refractivity (Wildman–Crippen MR) is 132 cm³/mol. The summed E-state index contributed by atoms with van der Waals surface area (Å²) in [5.41, 5.74) is 0.576. The number of anilines is 1. The summed E-state index contributed by atoms with van der Waals surface area (Å²) in [6.45, 7) is 0.955. The molecule has 0 bridgehead atoms. The van der Waals surface area contributed by atoms with Gasteiger partial charge in [0.15, 0.2) is 0 Å². The number of hydrogen-bond acceptors (Lipinski definition) is 8. The molecular weight excluding hydrogens is 533 g/mol. The van der Waals surface area contributed by atoms with Crippen LogP contribution in [0.5, 0.6) is 0 Å². The van der Waals surface area contributed by atoms with Gasteiger partial charge in [0.25, 0.3) is 21.7 Å². The molecule has 0 spiro atoms. The number of carbonyl (C=O) groups is 2. The number of halogens is 2. The van der Waals surface area contributed by atoms with Crippen LogP contribution in [0.2, 0.25) is 10.0 Å². The molecule has 1 heterocycles. The molecule has 1 N–H and O–H groups in total. The second-order valence-corrected chi connectivity index (χ2v) is 10.1. The van der Waals surface area contributed by atoms with Crippen molar-refractivity contribution in [3.05, 3.63) is 70.5 Å². The molecule has 0 aliphatic rings. The van der Waals surface area contributed by atoms with Crippen molar-refractivity contribution >= 4 is 61.6 Å². The quantitative estimate of drug-likeness (QED) is 0.311. The molecular formula is C23H17Cl2N3O7S. The minimum Gasteiger partial charge on any atom is -0.480 e. The Hall–Kier alpha value is -3.67. The highest BCUT2D eigenvalue weighted by atomic mass is 35.5. The number of aromatic nitrogens is 2. The third-order valence-electron chi connectivity index (χ3n) is 4.97. The van der Waals surface area contributed by atoms with Gasteiger partial charge in [-0.25, -0.2) is 13.2 Å². The van der Waals surface area contributed by atoms with Crippen LogP contribution in [-0.4, -0.2) is 48.8 Å². The van der Waals surface area contributed by atoms with Crippen LogP contribution in [0, 0.1) is 0 Å². The second-order valence-electron chi connectivity index (χ2n) is 7.37. The van der Waals surface area contributed by atoms with Crippen molar-refractivity contribution in [2.24, 2.45) is 0 Å². The number of carboxylic acids is 1. The van der Waals surface area contributed by atoms with E-state index in [2.05, 4.69) is 10.1 Å². The summed E-state index contributed by atoms with van der Waals surface area (Å²) in [4.78, 5) is 27.3. The van der Waals surface area contributed by atoms with Gasteiger partial charge in [0.1, 0.15) is 6.54 Å². The molecule has 3 aromatic carbocycles. The Morgan fingerprint density at radius 3 is 2.47 bits per heavy atom. The number of benzene rings is 3. The first-order valence-corrected chi connectivity index (χ1v) is 12.5. The maximum atomic E-state index is 13.4. The molecule has 186 valence electrons. The first-order valence-electron chi connectivity index (χ1n) is 10.3. The molecule has 1 aromatic heterocycles. The smallest absolute Gasteiger partial charge is 0.379 e. The van der Waals surface area contributed by atoms with Gasteiger partial charge < -0.3 is 14.4 Å². The zero-order valence-corrected chi connectivity index (χ0v) is 20.8. The van der Waals surface area contributed by atoms with Gasteiger partial charge >= 0.3 is 11.9 Å². The summed E-state index contributed by atoms with van der Waals surface area (Å²) in [5, 5.41) is 14.4. The molecule has 36 heavy (non-hydrogen) atoms. The van der Waals surface area contributed by atoms with E-state index in [-0.39, 0.29) is 39.0 Å². The summed E-state index contributed by atoms with van der Waals surface area (Å²) in [7, 11) is -4.35. The molecule has 0 atom stereocenters. The van der Waals surface area contributed by atoms with E-state index in [1.807, 2.05) is 0 Å². The van der Waals surface area contributed by atoms with Gasteiger partial charge in [-0.1, -0.05) is 41.4 Å². The number of aliphatic carboxylic acids is 1. The van der Waals surface area contributed by atoms with Crippen LogP contribution in [0.25, 0.3) is 22.2 Å². The third-order valence-corrected chi connectivity index (χ3v) is 7.16. The lowest BCUT2D eigenvalue weighted by molar-refractivity contribution is -0.135. The zero-order chi connectivity index (χ0) is 26.0. The van der Waals surface area contributed by atoms with Gasteiger partial charge in [0, 0.05) is 15.6 Å². The summed E-state index contributed by atoms with van der Waals surface area (Å²) in [6, 6.07) is 13.3. The molecule has 0 radical (unpaired) electrons. The Labute approximate surface area is 215 Å². The molecule has 4 aromatic rings. The Kier molecular flexibility index (Phi) is 7.16. The lowest BCUT2D eigenvalue weighted by Gasteiger charge is -2.23. The lowest BCUT2D eigenvalue weighted by Crippen LogP contribution is -2.35. The summed E-state index contributed by atoms with van der Waals surface area (Å²) < 4.78 is 37.6. The summed E-state index contributed by atoms with van der Waals surface area (Å²) in [5.74, 6) is -2.28. The van der Waals surface area contributed by atoms with E-state index in [1.165, 1.54) is 30.3 Å². The number of nitrogens with zero attached hydrogens (tertiary/aromatic N) is 3. The van der Waals surface area contributed by atoms with Crippen LogP contribution in [0.1, 0.15) is 17.5 Å². The van der Waals surface area contributed by atoms with Crippen LogP contribution in [0.4, 0.5) is 5.69 Å². The highest BCUT2D eigenvalue weighted by Gasteiger charge is 2.28. The van der Waals surface area contributed by atoms with Crippen molar-refractivity contribution in [2.45, 2.75) is 11.8 Å². The minimum atomic E-state index is -4.35. The lowest BCUT2D eigenvalue weighted by atomic mass is 10.0. The van der Waals surface area contributed by atoms with E-state index < -0.39 is 28.5 Å². The molecule has 0 unspecified atom stereocenters. The fourth-order valence-electron chi connectivity index (χ4n) is 3.47. The van der Waals surface area contributed by atoms with Gasteiger partial charge in [0.05, 0.1) is 17.2 Å². The van der Waals surface area contributed by atoms with Crippen LogP contribution < -0.4 is 4.31 Å². The van der Waals surface area contributed by atoms with E-state index in [9.17, 15) is 23.1 Å². The molecule has 0 aliphatic heterocycles. The van der Waals surface area contributed by atoms with Crippen molar-refractivity contribution in [1.29, 1.82) is 0 Å². The molecule has 10 nitrogen and oxygen atoms in total. The van der Waals surface area contributed by atoms with E-state index in [1.54, 1.807) is 31.2 Å². The van der Waals surface area contributed by atoms with Crippen LogP contribution >= 0.6 is 23.2 Å². The largest absolute Gasteiger partial charge is 0.480 e. The first-order chi connectivity index (χ1) is 17.1. The Morgan fingerprint density at radius 2 is 1.81 bits per heavy atom. The second kappa shape index (κ2) is 10.1. The number of rotatable bonds is 8. The van der Waals surface area contributed by atoms with Crippen LogP contribution in [0.15, 0.2) is 64.0 Å². The number of esters is 1. The maximum absolute atomic E-state index is 13.4. The van der Waals surface area contributed by atoms with Crippen molar-refractivity contribution in [3.8, 4) is 11.5 Å². The van der Waals surface area contributed by atoms with E-state index in [0.717, 1.165) is 4.31 Å². The van der Waals surface area contributed by atoms with Crippen molar-refractivity contribution in [3.63, 3.8) is 0 Å². The highest BCUT2D eigenvalue weighted by Crippen LogP contribution is 2.33. The van der Waals surface area contributed by atoms with Gasteiger partial charge in [-0.2, -0.15) is 4.98 Å². The van der Waals surface area contributed by atoms with Crippen molar-refractivity contribution in [1.82, 2.24) is 10.1 Å². The Bertz CT molecular complexity index is 1570. The van der Waals surface area contributed by atoms with Crippen molar-refractivity contribution < 1.29 is 32.4 Å². The molecule has 0 saturated carbocycles. The Balaban J connectivity index is 1.79. The van der Waals surface area contributed by atoms with Crippen LogP contribution in [-0.2, 0) is 19.6 Å². The number of fused-ring (bicyclic) bond motifs is 1.